The summed E-state index contributed by atoms with van der Waals surface area (Å²) in [4.78, 5) is 25.0. The molecule has 0 aliphatic carbocycles. The molecule has 134 valence electrons. The summed E-state index contributed by atoms with van der Waals surface area (Å²) in [7, 11) is 1.46. The molecule has 1 N–H and O–H groups in total. The van der Waals surface area contributed by atoms with Gasteiger partial charge in [-0.1, -0.05) is 23.7 Å². The number of methoxy groups -OCH3 is 1. The molecule has 0 spiro atoms. The third kappa shape index (κ3) is 3.36. The predicted octanol–water partition coefficient (Wildman–Crippen LogP) is 4.52. The quantitative estimate of drug-likeness (QED) is 0.665. The predicted molar refractivity (Wildman–Crippen MR) is 98.1 cm³/mol. The van der Waals surface area contributed by atoms with Crippen molar-refractivity contribution in [1.82, 2.24) is 0 Å². The van der Waals surface area contributed by atoms with Crippen LogP contribution in [-0.4, -0.2) is 25.6 Å². The lowest BCUT2D eigenvalue weighted by Gasteiger charge is -2.10. The van der Waals surface area contributed by atoms with Crippen molar-refractivity contribution in [3.8, 4) is 5.75 Å². The Bertz CT molecular complexity index is 979. The summed E-state index contributed by atoms with van der Waals surface area (Å²) < 4.78 is 15.8. The summed E-state index contributed by atoms with van der Waals surface area (Å²) >= 11 is 5.99. The van der Waals surface area contributed by atoms with Crippen molar-refractivity contribution in [2.45, 2.75) is 6.92 Å². The number of halogens is 1. The molecule has 3 aromatic rings. The lowest BCUT2D eigenvalue weighted by molar-refractivity contribution is 0.0494. The van der Waals surface area contributed by atoms with E-state index in [1.165, 1.54) is 13.2 Å². The lowest BCUT2D eigenvalue weighted by atomic mass is 10.1. The molecule has 3 rings (SSSR count). The highest BCUT2D eigenvalue weighted by molar-refractivity contribution is 6.31. The van der Waals surface area contributed by atoms with Crippen LogP contribution in [0.1, 0.15) is 27.8 Å². The van der Waals surface area contributed by atoms with Crippen LogP contribution in [0.3, 0.4) is 0 Å². The average molecular weight is 374 g/mol. The molecule has 0 bridgehead atoms. The Hall–Kier alpha value is -2.99. The van der Waals surface area contributed by atoms with Crippen LogP contribution >= 0.6 is 11.6 Å². The van der Waals surface area contributed by atoms with Gasteiger partial charge in [-0.2, -0.15) is 0 Å². The maximum Gasteiger partial charge on any atom is 0.376 e. The second-order valence-corrected chi connectivity index (χ2v) is 5.76. The standard InChI is InChI=1S/C19H16ClNO5/c1-3-25-19(23)17-16(12-6-4-5-7-15(12)26-17)21-18(22)13-10-11(20)8-9-14(13)24-2/h4-10H,3H2,1-2H3,(H,21,22). The molecule has 0 saturated carbocycles. The summed E-state index contributed by atoms with van der Waals surface area (Å²) in [5.74, 6) is -0.849. The highest BCUT2D eigenvalue weighted by Gasteiger charge is 2.24. The van der Waals surface area contributed by atoms with Gasteiger partial charge in [-0.25, -0.2) is 4.79 Å². The molecule has 0 fully saturated rings. The highest BCUT2D eigenvalue weighted by atomic mass is 35.5. The van der Waals surface area contributed by atoms with Gasteiger partial charge in [-0.05, 0) is 37.3 Å². The molecule has 0 unspecified atom stereocenters. The third-order valence-corrected chi connectivity index (χ3v) is 3.94. The maximum atomic E-state index is 12.8. The maximum absolute atomic E-state index is 12.8. The van der Waals surface area contributed by atoms with Gasteiger partial charge >= 0.3 is 5.97 Å². The van der Waals surface area contributed by atoms with Crippen molar-refractivity contribution >= 4 is 40.1 Å². The van der Waals surface area contributed by atoms with Crippen molar-refractivity contribution < 1.29 is 23.5 Å². The Morgan fingerprint density at radius 2 is 1.96 bits per heavy atom. The van der Waals surface area contributed by atoms with Gasteiger partial charge in [0.15, 0.2) is 0 Å². The van der Waals surface area contributed by atoms with Crippen LogP contribution in [0, 0.1) is 0 Å². The van der Waals surface area contributed by atoms with Gasteiger partial charge in [-0.3, -0.25) is 4.79 Å². The van der Waals surface area contributed by atoms with E-state index in [0.717, 1.165) is 0 Å². The fourth-order valence-electron chi connectivity index (χ4n) is 2.55. The number of carbonyl (C=O) groups is 2. The molecule has 0 aliphatic heterocycles. The second kappa shape index (κ2) is 7.49. The van der Waals surface area contributed by atoms with Gasteiger partial charge in [-0.15, -0.1) is 0 Å². The fourth-order valence-corrected chi connectivity index (χ4v) is 2.72. The van der Waals surface area contributed by atoms with Crippen LogP contribution in [0.25, 0.3) is 11.0 Å². The molecule has 0 aliphatic rings. The van der Waals surface area contributed by atoms with Crippen molar-refractivity contribution in [1.29, 1.82) is 0 Å². The fraction of sp³-hybridized carbons (Fsp3) is 0.158. The molecule has 0 radical (unpaired) electrons. The van der Waals surface area contributed by atoms with E-state index < -0.39 is 11.9 Å². The van der Waals surface area contributed by atoms with Gasteiger partial charge in [0, 0.05) is 10.4 Å². The molecule has 1 aromatic heterocycles. The molecule has 26 heavy (non-hydrogen) atoms. The highest BCUT2D eigenvalue weighted by Crippen LogP contribution is 2.33. The number of amides is 1. The number of nitrogens with one attached hydrogen (secondary N) is 1. The summed E-state index contributed by atoms with van der Waals surface area (Å²) in [5, 5.41) is 3.69. The number of esters is 1. The number of hydrogen-bond acceptors (Lipinski definition) is 5. The number of rotatable bonds is 5. The third-order valence-electron chi connectivity index (χ3n) is 3.70. The number of hydrogen-bond donors (Lipinski definition) is 1. The Morgan fingerprint density at radius 3 is 2.69 bits per heavy atom. The van der Waals surface area contributed by atoms with Crippen LogP contribution in [0.5, 0.6) is 5.75 Å². The zero-order chi connectivity index (χ0) is 18.7. The minimum Gasteiger partial charge on any atom is -0.496 e. The SMILES string of the molecule is CCOC(=O)c1oc2ccccc2c1NC(=O)c1cc(Cl)ccc1OC. The van der Waals surface area contributed by atoms with Gasteiger partial charge in [0.05, 0.1) is 19.3 Å². The summed E-state index contributed by atoms with van der Waals surface area (Å²) in [6.07, 6.45) is 0. The number of anilines is 1. The molecule has 2 aromatic carbocycles. The van der Waals surface area contributed by atoms with Crippen LogP contribution in [0.2, 0.25) is 5.02 Å². The number of fused-ring (bicyclic) bond motifs is 1. The molecular weight excluding hydrogens is 358 g/mol. The van der Waals surface area contributed by atoms with Crippen molar-refractivity contribution in [3.63, 3.8) is 0 Å². The minimum absolute atomic E-state index is 0.0672. The molecule has 1 heterocycles. The monoisotopic (exact) mass is 373 g/mol. The van der Waals surface area contributed by atoms with E-state index in [1.807, 2.05) is 0 Å². The van der Waals surface area contributed by atoms with Crippen molar-refractivity contribution in [3.05, 3.63) is 58.8 Å². The second-order valence-electron chi connectivity index (χ2n) is 5.32. The first-order valence-corrected chi connectivity index (χ1v) is 8.26. The average Bonchev–Trinajstić information content (AvgIpc) is 3.00. The first-order valence-electron chi connectivity index (χ1n) is 7.88. The lowest BCUT2D eigenvalue weighted by Crippen LogP contribution is -2.15. The molecule has 0 atom stereocenters. The Balaban J connectivity index is 2.05. The number of furan rings is 1. The smallest absolute Gasteiger partial charge is 0.376 e. The topological polar surface area (TPSA) is 77.8 Å². The number of benzene rings is 2. The van der Waals surface area contributed by atoms with E-state index in [0.29, 0.717) is 21.7 Å². The zero-order valence-corrected chi connectivity index (χ0v) is 14.9. The molecular formula is C19H16ClNO5. The van der Waals surface area contributed by atoms with Crippen LogP contribution < -0.4 is 10.1 Å². The first kappa shape index (κ1) is 17.8. The largest absolute Gasteiger partial charge is 0.496 e. The molecule has 0 saturated heterocycles. The molecule has 6 nitrogen and oxygen atoms in total. The minimum atomic E-state index is -0.656. The first-order chi connectivity index (χ1) is 12.5. The van der Waals surface area contributed by atoms with Crippen molar-refractivity contribution in [2.75, 3.05) is 19.0 Å². The summed E-state index contributed by atoms with van der Waals surface area (Å²) in [6, 6.07) is 11.7. The Labute approximate surface area is 154 Å². The van der Waals surface area contributed by atoms with Crippen LogP contribution in [0.15, 0.2) is 46.9 Å². The van der Waals surface area contributed by atoms with Crippen LogP contribution in [0.4, 0.5) is 5.69 Å². The van der Waals surface area contributed by atoms with E-state index in [-0.39, 0.29) is 23.6 Å². The number of para-hydroxylation sites is 1. The van der Waals surface area contributed by atoms with Crippen LogP contribution in [-0.2, 0) is 4.74 Å². The van der Waals surface area contributed by atoms with E-state index in [2.05, 4.69) is 5.32 Å². The van der Waals surface area contributed by atoms with E-state index >= 15 is 0 Å². The van der Waals surface area contributed by atoms with Crippen molar-refractivity contribution in [2.24, 2.45) is 0 Å². The number of ether oxygens (including phenoxy) is 2. The van der Waals surface area contributed by atoms with E-state index in [4.69, 9.17) is 25.5 Å². The van der Waals surface area contributed by atoms with E-state index in [9.17, 15) is 9.59 Å². The normalized spacial score (nSPS) is 10.6. The zero-order valence-electron chi connectivity index (χ0n) is 14.2. The molecule has 7 heteroatoms. The van der Waals surface area contributed by atoms with Gasteiger partial charge < -0.3 is 19.2 Å². The van der Waals surface area contributed by atoms with E-state index in [1.54, 1.807) is 43.3 Å². The van der Waals surface area contributed by atoms with Gasteiger partial charge in [0.25, 0.3) is 5.91 Å². The van der Waals surface area contributed by atoms with Gasteiger partial charge in [0.1, 0.15) is 17.0 Å². The Morgan fingerprint density at radius 1 is 1.19 bits per heavy atom. The molecule has 1 amide bonds. The Kier molecular flexibility index (Phi) is 5.14. The number of carbonyl (C=O) groups excluding carboxylic acids is 2. The van der Waals surface area contributed by atoms with Gasteiger partial charge in [0.2, 0.25) is 5.76 Å². The summed E-state index contributed by atoms with van der Waals surface area (Å²) in [6.45, 7) is 1.88. The summed E-state index contributed by atoms with van der Waals surface area (Å²) in [5.41, 5.74) is 0.940.